The molecule has 31 heavy (non-hydrogen) atoms. The first-order valence-corrected chi connectivity index (χ1v) is 10.4. The van der Waals surface area contributed by atoms with Gasteiger partial charge in [-0.15, -0.1) is 0 Å². The molecule has 0 bridgehead atoms. The summed E-state index contributed by atoms with van der Waals surface area (Å²) in [7, 11) is 0. The van der Waals surface area contributed by atoms with Crippen LogP contribution in [0.15, 0.2) is 61.2 Å². The molecule has 0 aliphatic carbocycles. The quantitative estimate of drug-likeness (QED) is 0.549. The molecule has 7 nitrogen and oxygen atoms in total. The van der Waals surface area contributed by atoms with Crippen molar-refractivity contribution in [3.63, 3.8) is 0 Å². The third-order valence-corrected chi connectivity index (χ3v) is 5.21. The average Bonchev–Trinajstić information content (AvgIpc) is 2.81. The van der Waals surface area contributed by atoms with Gasteiger partial charge in [-0.1, -0.05) is 36.9 Å². The van der Waals surface area contributed by atoms with Crippen molar-refractivity contribution in [3.05, 3.63) is 66.9 Å². The zero-order valence-corrected chi connectivity index (χ0v) is 17.7. The molecule has 1 amide bonds. The third-order valence-electron chi connectivity index (χ3n) is 5.21. The molecule has 160 valence electrons. The van der Waals surface area contributed by atoms with Crippen LogP contribution in [0.5, 0.6) is 11.5 Å². The van der Waals surface area contributed by atoms with Gasteiger partial charge in [0.1, 0.15) is 6.61 Å². The molecule has 1 aliphatic rings. The van der Waals surface area contributed by atoms with E-state index in [0.29, 0.717) is 44.3 Å². The summed E-state index contributed by atoms with van der Waals surface area (Å²) in [5.74, 6) is 2.00. The second kappa shape index (κ2) is 9.47. The Hall–Kier alpha value is -3.61. The molecule has 1 aromatic heterocycles. The average molecular weight is 418 g/mol. The number of aromatic nitrogens is 2. The van der Waals surface area contributed by atoms with Crippen molar-refractivity contribution < 1.29 is 14.3 Å². The zero-order valence-electron chi connectivity index (χ0n) is 17.7. The van der Waals surface area contributed by atoms with E-state index < -0.39 is 0 Å². The molecule has 4 rings (SSSR count). The van der Waals surface area contributed by atoms with Gasteiger partial charge < -0.3 is 19.3 Å². The van der Waals surface area contributed by atoms with Crippen LogP contribution >= 0.6 is 0 Å². The number of benzene rings is 2. The lowest BCUT2D eigenvalue weighted by molar-refractivity contribution is -0.133. The van der Waals surface area contributed by atoms with Gasteiger partial charge in [0.15, 0.2) is 23.9 Å². The second-order valence-corrected chi connectivity index (χ2v) is 7.32. The normalized spacial score (nSPS) is 13.8. The fraction of sp³-hybridized carbons (Fsp3) is 0.292. The molecule has 0 N–H and O–H groups in total. The Balaban J connectivity index is 1.34. The summed E-state index contributed by atoms with van der Waals surface area (Å²) in [6.07, 6.45) is 1.67. The first-order chi connectivity index (χ1) is 15.2. The Labute approximate surface area is 181 Å². The molecule has 2 heterocycles. The van der Waals surface area contributed by atoms with Crippen LogP contribution in [0.2, 0.25) is 0 Å². The maximum absolute atomic E-state index is 12.7. The Morgan fingerprint density at radius 2 is 1.58 bits per heavy atom. The minimum absolute atomic E-state index is 0.0245. The van der Waals surface area contributed by atoms with Crippen molar-refractivity contribution >= 4 is 22.8 Å². The molecule has 0 spiro atoms. The second-order valence-electron chi connectivity index (χ2n) is 7.32. The van der Waals surface area contributed by atoms with Crippen LogP contribution in [0.25, 0.3) is 11.0 Å². The summed E-state index contributed by atoms with van der Waals surface area (Å²) in [5.41, 5.74) is 2.68. The van der Waals surface area contributed by atoms with Gasteiger partial charge >= 0.3 is 0 Å². The summed E-state index contributed by atoms with van der Waals surface area (Å²) in [5, 5.41) is 0. The van der Waals surface area contributed by atoms with Gasteiger partial charge in [0, 0.05) is 26.2 Å². The van der Waals surface area contributed by atoms with E-state index in [4.69, 9.17) is 14.5 Å². The Kier molecular flexibility index (Phi) is 6.31. The molecule has 0 saturated carbocycles. The number of carbonyl (C=O) groups is 1. The highest BCUT2D eigenvalue weighted by Crippen LogP contribution is 2.26. The summed E-state index contributed by atoms with van der Waals surface area (Å²) < 4.78 is 11.3. The lowest BCUT2D eigenvalue weighted by atomic mass is 10.2. The molecule has 0 atom stereocenters. The number of hydrogen-bond donors (Lipinski definition) is 0. The summed E-state index contributed by atoms with van der Waals surface area (Å²) in [6.45, 7) is 8.63. The molecular formula is C24H26N4O3. The van der Waals surface area contributed by atoms with Crippen LogP contribution in [0.3, 0.4) is 0 Å². The molecule has 1 fully saturated rings. The maximum Gasteiger partial charge on any atom is 0.260 e. The van der Waals surface area contributed by atoms with Crippen LogP contribution in [0, 0.1) is 6.92 Å². The Morgan fingerprint density at radius 3 is 2.26 bits per heavy atom. The van der Waals surface area contributed by atoms with E-state index in [-0.39, 0.29) is 12.5 Å². The van der Waals surface area contributed by atoms with Crippen molar-refractivity contribution in [1.29, 1.82) is 0 Å². The molecule has 1 aliphatic heterocycles. The largest absolute Gasteiger partial charge is 0.486 e. The highest BCUT2D eigenvalue weighted by atomic mass is 16.5. The van der Waals surface area contributed by atoms with Gasteiger partial charge in [-0.05, 0) is 31.2 Å². The summed E-state index contributed by atoms with van der Waals surface area (Å²) in [4.78, 5) is 26.2. The number of para-hydroxylation sites is 4. The van der Waals surface area contributed by atoms with Crippen molar-refractivity contribution in [2.24, 2.45) is 0 Å². The monoisotopic (exact) mass is 418 g/mol. The highest BCUT2D eigenvalue weighted by molar-refractivity contribution is 5.79. The molecule has 7 heteroatoms. The van der Waals surface area contributed by atoms with E-state index in [1.807, 2.05) is 54.3 Å². The van der Waals surface area contributed by atoms with Crippen molar-refractivity contribution in [2.45, 2.75) is 6.92 Å². The standard InChI is InChI=1S/C24H26N4O3/c1-3-16-30-21-10-6-7-11-22(21)31-17-23(29)27-12-14-28(15-13-27)24-18(2)25-19-8-4-5-9-20(19)26-24/h3-11H,1,12-17H2,2H3. The van der Waals surface area contributed by atoms with E-state index in [1.54, 1.807) is 12.1 Å². The Morgan fingerprint density at radius 1 is 0.968 bits per heavy atom. The van der Waals surface area contributed by atoms with Crippen LogP contribution < -0.4 is 14.4 Å². The zero-order chi connectivity index (χ0) is 21.6. The van der Waals surface area contributed by atoms with Crippen LogP contribution in [-0.4, -0.2) is 60.2 Å². The fourth-order valence-electron chi connectivity index (χ4n) is 3.61. The topological polar surface area (TPSA) is 67.8 Å². The lowest BCUT2D eigenvalue weighted by Gasteiger charge is -2.35. The maximum atomic E-state index is 12.7. The number of nitrogens with zero attached hydrogens (tertiary/aromatic N) is 4. The number of piperazine rings is 1. The van der Waals surface area contributed by atoms with E-state index in [0.717, 1.165) is 22.5 Å². The number of rotatable bonds is 7. The molecule has 2 aromatic carbocycles. The molecular weight excluding hydrogens is 392 g/mol. The Bertz CT molecular complexity index is 1080. The summed E-state index contributed by atoms with van der Waals surface area (Å²) in [6, 6.07) is 15.2. The fourth-order valence-corrected chi connectivity index (χ4v) is 3.61. The van der Waals surface area contributed by atoms with Gasteiger partial charge in [-0.25, -0.2) is 9.97 Å². The van der Waals surface area contributed by atoms with Gasteiger partial charge in [-0.3, -0.25) is 4.79 Å². The SMILES string of the molecule is C=CCOc1ccccc1OCC(=O)N1CCN(c2nc3ccccc3nc2C)CC1. The van der Waals surface area contributed by atoms with Crippen molar-refractivity contribution in [3.8, 4) is 11.5 Å². The number of aryl methyl sites for hydroxylation is 1. The summed E-state index contributed by atoms with van der Waals surface area (Å²) >= 11 is 0. The predicted molar refractivity (Wildman–Crippen MR) is 121 cm³/mol. The first kappa shape index (κ1) is 20.7. The molecule has 0 radical (unpaired) electrons. The van der Waals surface area contributed by atoms with Crippen molar-refractivity contribution in [1.82, 2.24) is 14.9 Å². The first-order valence-electron chi connectivity index (χ1n) is 10.4. The minimum Gasteiger partial charge on any atom is -0.486 e. The molecule has 1 saturated heterocycles. The minimum atomic E-state index is -0.0421. The van der Waals surface area contributed by atoms with Crippen molar-refractivity contribution in [2.75, 3.05) is 44.3 Å². The van der Waals surface area contributed by atoms with Crippen LogP contribution in [-0.2, 0) is 4.79 Å². The number of hydrogen-bond acceptors (Lipinski definition) is 6. The number of ether oxygens (including phenoxy) is 2. The molecule has 3 aromatic rings. The van der Waals surface area contributed by atoms with Gasteiger partial charge in [0.05, 0.1) is 16.7 Å². The smallest absolute Gasteiger partial charge is 0.260 e. The van der Waals surface area contributed by atoms with Gasteiger partial charge in [-0.2, -0.15) is 0 Å². The van der Waals surface area contributed by atoms with E-state index >= 15 is 0 Å². The number of carbonyl (C=O) groups excluding carboxylic acids is 1. The van der Waals surface area contributed by atoms with Crippen LogP contribution in [0.4, 0.5) is 5.82 Å². The van der Waals surface area contributed by atoms with E-state index in [9.17, 15) is 4.79 Å². The number of amides is 1. The number of anilines is 1. The van der Waals surface area contributed by atoms with Crippen LogP contribution in [0.1, 0.15) is 5.69 Å². The van der Waals surface area contributed by atoms with E-state index in [1.165, 1.54) is 0 Å². The predicted octanol–water partition coefficient (Wildman–Crippen LogP) is 3.23. The third kappa shape index (κ3) is 4.77. The highest BCUT2D eigenvalue weighted by Gasteiger charge is 2.24. The van der Waals surface area contributed by atoms with E-state index in [2.05, 4.69) is 16.5 Å². The molecule has 0 unspecified atom stereocenters. The van der Waals surface area contributed by atoms with Gasteiger partial charge in [0.25, 0.3) is 5.91 Å². The van der Waals surface area contributed by atoms with Gasteiger partial charge in [0.2, 0.25) is 0 Å². The lowest BCUT2D eigenvalue weighted by Crippen LogP contribution is -2.50. The number of fused-ring (bicyclic) bond motifs is 1.